The second-order valence-corrected chi connectivity index (χ2v) is 6.98. The molecule has 144 valence electrons. The van der Waals surface area contributed by atoms with Gasteiger partial charge in [0, 0.05) is 45.0 Å². The van der Waals surface area contributed by atoms with Gasteiger partial charge in [0.1, 0.15) is 5.52 Å². The number of likely N-dealkylation sites (tertiary alicyclic amines) is 1. The normalized spacial score (nSPS) is 16.6. The van der Waals surface area contributed by atoms with Gasteiger partial charge in [-0.25, -0.2) is 4.68 Å². The number of fused-ring (bicyclic) bond motifs is 1. The second-order valence-electron chi connectivity index (χ2n) is 6.98. The summed E-state index contributed by atoms with van der Waals surface area (Å²) < 4.78 is 1.84. The largest absolute Gasteiger partial charge is 0.356 e. The van der Waals surface area contributed by atoms with Gasteiger partial charge in [-0.3, -0.25) is 14.6 Å². The van der Waals surface area contributed by atoms with Crippen LogP contribution in [0, 0.1) is 5.92 Å². The van der Waals surface area contributed by atoms with Crippen molar-refractivity contribution in [1.29, 1.82) is 0 Å². The summed E-state index contributed by atoms with van der Waals surface area (Å²) in [6.07, 6.45) is 4.43. The van der Waals surface area contributed by atoms with Gasteiger partial charge in [-0.1, -0.05) is 17.3 Å². The Morgan fingerprint density at radius 2 is 2.00 bits per heavy atom. The molecule has 0 bridgehead atoms. The van der Waals surface area contributed by atoms with Crippen molar-refractivity contribution in [2.45, 2.75) is 25.9 Å². The van der Waals surface area contributed by atoms with E-state index in [1.165, 1.54) is 0 Å². The molecule has 0 radical (unpaired) electrons. The highest BCUT2D eigenvalue weighted by atomic mass is 16.2. The molecule has 1 aliphatic heterocycles. The molecule has 1 aromatic carbocycles. The molecule has 8 heteroatoms. The standard InChI is InChI=1S/C20H22N6O2/c27-19-12-16(14-25(19)13-15-6-9-21-10-7-15)20(28)22-8-3-11-26-18-5-2-1-4-17(18)23-24-26/h1-2,4-7,9-10,16H,3,8,11-14H2,(H,22,28)/t16-/m1/s1. The van der Waals surface area contributed by atoms with Crippen LogP contribution < -0.4 is 5.32 Å². The molecule has 0 unspecified atom stereocenters. The van der Waals surface area contributed by atoms with E-state index in [-0.39, 0.29) is 24.2 Å². The molecule has 1 fully saturated rings. The van der Waals surface area contributed by atoms with E-state index in [0.717, 1.165) is 23.0 Å². The summed E-state index contributed by atoms with van der Waals surface area (Å²) in [5, 5.41) is 11.2. The zero-order chi connectivity index (χ0) is 19.3. The molecule has 2 amide bonds. The number of hydrogen-bond donors (Lipinski definition) is 1. The van der Waals surface area contributed by atoms with Crippen molar-refractivity contribution in [3.05, 3.63) is 54.4 Å². The lowest BCUT2D eigenvalue weighted by Crippen LogP contribution is -2.33. The van der Waals surface area contributed by atoms with Gasteiger partial charge in [-0.2, -0.15) is 0 Å². The molecule has 0 spiro atoms. The van der Waals surface area contributed by atoms with E-state index in [9.17, 15) is 9.59 Å². The van der Waals surface area contributed by atoms with Gasteiger partial charge in [-0.05, 0) is 36.2 Å². The molecule has 28 heavy (non-hydrogen) atoms. The number of nitrogens with one attached hydrogen (secondary N) is 1. The lowest BCUT2D eigenvalue weighted by molar-refractivity contribution is -0.129. The number of nitrogens with zero attached hydrogens (tertiary/aromatic N) is 5. The average Bonchev–Trinajstić information content (AvgIpc) is 3.30. The van der Waals surface area contributed by atoms with Crippen molar-refractivity contribution in [3.63, 3.8) is 0 Å². The van der Waals surface area contributed by atoms with Crippen molar-refractivity contribution >= 4 is 22.8 Å². The van der Waals surface area contributed by atoms with Crippen LogP contribution in [0.2, 0.25) is 0 Å². The van der Waals surface area contributed by atoms with Crippen LogP contribution in [-0.2, 0) is 22.7 Å². The van der Waals surface area contributed by atoms with E-state index < -0.39 is 0 Å². The van der Waals surface area contributed by atoms with E-state index in [4.69, 9.17) is 0 Å². The topological polar surface area (TPSA) is 93.0 Å². The van der Waals surface area contributed by atoms with Gasteiger partial charge in [0.05, 0.1) is 11.4 Å². The number of aryl methyl sites for hydroxylation is 1. The molecule has 1 aliphatic rings. The Balaban J connectivity index is 1.23. The zero-order valence-corrected chi connectivity index (χ0v) is 15.5. The summed E-state index contributed by atoms with van der Waals surface area (Å²) in [6.45, 7) is 2.20. The second kappa shape index (κ2) is 8.16. The smallest absolute Gasteiger partial charge is 0.225 e. The summed E-state index contributed by atoms with van der Waals surface area (Å²) in [4.78, 5) is 30.4. The number of pyridine rings is 1. The number of hydrogen-bond acceptors (Lipinski definition) is 5. The van der Waals surface area contributed by atoms with E-state index in [2.05, 4.69) is 20.6 Å². The fourth-order valence-corrected chi connectivity index (χ4v) is 3.48. The van der Waals surface area contributed by atoms with E-state index >= 15 is 0 Å². The van der Waals surface area contributed by atoms with Crippen LogP contribution in [0.1, 0.15) is 18.4 Å². The lowest BCUT2D eigenvalue weighted by atomic mass is 10.1. The van der Waals surface area contributed by atoms with Crippen molar-refractivity contribution in [2.24, 2.45) is 5.92 Å². The molecular weight excluding hydrogens is 356 g/mol. The number of benzene rings is 1. The fraction of sp³-hybridized carbons (Fsp3) is 0.350. The molecule has 1 saturated heterocycles. The quantitative estimate of drug-likeness (QED) is 0.627. The Hall–Kier alpha value is -3.29. The maximum absolute atomic E-state index is 12.4. The minimum Gasteiger partial charge on any atom is -0.356 e. The van der Waals surface area contributed by atoms with Crippen LogP contribution in [0.3, 0.4) is 0 Å². The fourth-order valence-electron chi connectivity index (χ4n) is 3.48. The minimum absolute atomic E-state index is 0.0195. The number of para-hydroxylation sites is 1. The Kier molecular flexibility index (Phi) is 5.27. The van der Waals surface area contributed by atoms with Gasteiger partial charge in [0.15, 0.2) is 0 Å². The minimum atomic E-state index is -0.290. The van der Waals surface area contributed by atoms with E-state index in [1.54, 1.807) is 17.3 Å². The summed E-state index contributed by atoms with van der Waals surface area (Å²) in [7, 11) is 0. The van der Waals surface area contributed by atoms with Crippen molar-refractivity contribution in [1.82, 2.24) is 30.2 Å². The van der Waals surface area contributed by atoms with Crippen molar-refractivity contribution < 1.29 is 9.59 Å². The van der Waals surface area contributed by atoms with Crippen molar-refractivity contribution in [3.8, 4) is 0 Å². The first-order valence-corrected chi connectivity index (χ1v) is 9.43. The van der Waals surface area contributed by atoms with Crippen LogP contribution in [0.25, 0.3) is 11.0 Å². The summed E-state index contributed by atoms with van der Waals surface area (Å²) in [6, 6.07) is 11.6. The Labute approximate surface area is 162 Å². The highest BCUT2D eigenvalue weighted by Crippen LogP contribution is 2.20. The first-order chi connectivity index (χ1) is 13.7. The molecule has 0 aliphatic carbocycles. The average molecular weight is 378 g/mol. The van der Waals surface area contributed by atoms with Crippen LogP contribution in [-0.4, -0.2) is 49.8 Å². The summed E-state index contributed by atoms with van der Waals surface area (Å²) in [5.74, 6) is -0.332. The van der Waals surface area contributed by atoms with Gasteiger partial charge in [0.2, 0.25) is 11.8 Å². The third-order valence-electron chi connectivity index (χ3n) is 4.97. The molecule has 3 heterocycles. The lowest BCUT2D eigenvalue weighted by Gasteiger charge is -2.16. The number of amides is 2. The van der Waals surface area contributed by atoms with Crippen LogP contribution in [0.5, 0.6) is 0 Å². The first-order valence-electron chi connectivity index (χ1n) is 9.43. The van der Waals surface area contributed by atoms with Crippen LogP contribution in [0.15, 0.2) is 48.8 Å². The summed E-state index contributed by atoms with van der Waals surface area (Å²) >= 11 is 0. The molecule has 3 aromatic rings. The van der Waals surface area contributed by atoms with Gasteiger partial charge in [-0.15, -0.1) is 5.10 Å². The highest BCUT2D eigenvalue weighted by molar-refractivity contribution is 5.89. The molecule has 8 nitrogen and oxygen atoms in total. The highest BCUT2D eigenvalue weighted by Gasteiger charge is 2.33. The molecule has 0 saturated carbocycles. The Morgan fingerprint density at radius 1 is 1.18 bits per heavy atom. The Morgan fingerprint density at radius 3 is 2.86 bits per heavy atom. The van der Waals surface area contributed by atoms with E-state index in [1.807, 2.05) is 41.1 Å². The van der Waals surface area contributed by atoms with Gasteiger partial charge < -0.3 is 10.2 Å². The number of carbonyl (C=O) groups is 2. The first kappa shape index (κ1) is 18.1. The third kappa shape index (κ3) is 4.00. The van der Waals surface area contributed by atoms with Crippen LogP contribution in [0.4, 0.5) is 0 Å². The maximum atomic E-state index is 12.4. The van der Waals surface area contributed by atoms with Gasteiger partial charge >= 0.3 is 0 Å². The molecule has 4 rings (SSSR count). The number of carbonyl (C=O) groups excluding carboxylic acids is 2. The number of rotatable bonds is 7. The molecule has 2 aromatic heterocycles. The monoisotopic (exact) mass is 378 g/mol. The van der Waals surface area contributed by atoms with Gasteiger partial charge in [0.25, 0.3) is 0 Å². The SMILES string of the molecule is O=C(NCCCn1nnc2ccccc21)[C@@H]1CC(=O)N(Cc2ccncc2)C1. The summed E-state index contributed by atoms with van der Waals surface area (Å²) in [5.41, 5.74) is 2.87. The predicted molar refractivity (Wildman–Crippen MR) is 103 cm³/mol. The number of aromatic nitrogens is 4. The molecular formula is C20H22N6O2. The maximum Gasteiger partial charge on any atom is 0.225 e. The van der Waals surface area contributed by atoms with Crippen molar-refractivity contribution in [2.75, 3.05) is 13.1 Å². The zero-order valence-electron chi connectivity index (χ0n) is 15.5. The third-order valence-corrected chi connectivity index (χ3v) is 4.97. The van der Waals surface area contributed by atoms with Crippen LogP contribution >= 0.6 is 0 Å². The molecule has 1 atom stereocenters. The molecule has 1 N–H and O–H groups in total. The Bertz CT molecular complexity index is 971. The predicted octanol–water partition coefficient (Wildman–Crippen LogP) is 1.38. The van der Waals surface area contributed by atoms with E-state index in [0.29, 0.717) is 26.2 Å².